The third-order valence-corrected chi connectivity index (χ3v) is 4.33. The summed E-state index contributed by atoms with van der Waals surface area (Å²) in [5, 5.41) is 9.08. The summed E-state index contributed by atoms with van der Waals surface area (Å²) in [7, 11) is 0. The first-order valence-corrected chi connectivity index (χ1v) is 8.17. The van der Waals surface area contributed by atoms with Crippen LogP contribution in [-0.4, -0.2) is 25.0 Å². The number of rotatable bonds is 7. The fourth-order valence-electron chi connectivity index (χ4n) is 2.77. The van der Waals surface area contributed by atoms with Gasteiger partial charge in [0, 0.05) is 12.5 Å². The SMILES string of the molecule is CC(C(N)C#N)C(CCc1ccccc1)OC1CCCCO1. The second kappa shape index (κ2) is 8.89. The number of hydrogen-bond donors (Lipinski definition) is 1. The molecule has 0 radical (unpaired) electrons. The lowest BCUT2D eigenvalue weighted by molar-refractivity contribution is -0.199. The van der Waals surface area contributed by atoms with Crippen LogP contribution in [0.25, 0.3) is 0 Å². The van der Waals surface area contributed by atoms with Crippen molar-refractivity contribution < 1.29 is 9.47 Å². The average molecular weight is 302 g/mol. The van der Waals surface area contributed by atoms with Gasteiger partial charge in [0.25, 0.3) is 0 Å². The van der Waals surface area contributed by atoms with Gasteiger partial charge in [0.05, 0.1) is 18.2 Å². The molecule has 4 unspecified atom stereocenters. The van der Waals surface area contributed by atoms with Crippen LogP contribution in [0.3, 0.4) is 0 Å². The lowest BCUT2D eigenvalue weighted by atomic mass is 9.92. The van der Waals surface area contributed by atoms with E-state index in [1.54, 1.807) is 0 Å². The summed E-state index contributed by atoms with van der Waals surface area (Å²) in [4.78, 5) is 0. The van der Waals surface area contributed by atoms with Gasteiger partial charge in [-0.1, -0.05) is 37.3 Å². The van der Waals surface area contributed by atoms with Crippen molar-refractivity contribution in [3.63, 3.8) is 0 Å². The maximum Gasteiger partial charge on any atom is 0.157 e. The Kier molecular flexibility index (Phi) is 6.85. The van der Waals surface area contributed by atoms with Gasteiger partial charge >= 0.3 is 0 Å². The molecular weight excluding hydrogens is 276 g/mol. The number of nitrogens with zero attached hydrogens (tertiary/aromatic N) is 1. The number of nitrogens with two attached hydrogens (primary N) is 1. The highest BCUT2D eigenvalue weighted by Gasteiger charge is 2.27. The Bertz CT molecular complexity index is 466. The molecule has 120 valence electrons. The molecular formula is C18H26N2O2. The second-order valence-corrected chi connectivity index (χ2v) is 6.01. The van der Waals surface area contributed by atoms with Crippen LogP contribution in [0.4, 0.5) is 0 Å². The van der Waals surface area contributed by atoms with E-state index in [1.807, 2.05) is 25.1 Å². The van der Waals surface area contributed by atoms with Crippen molar-refractivity contribution in [3.8, 4) is 6.07 Å². The number of aryl methyl sites for hydroxylation is 1. The van der Waals surface area contributed by atoms with Crippen LogP contribution >= 0.6 is 0 Å². The molecule has 0 spiro atoms. The van der Waals surface area contributed by atoms with Crippen LogP contribution in [0.15, 0.2) is 30.3 Å². The van der Waals surface area contributed by atoms with E-state index in [0.29, 0.717) is 0 Å². The summed E-state index contributed by atoms with van der Waals surface area (Å²) in [6.07, 6.45) is 4.72. The molecule has 2 N–H and O–H groups in total. The molecule has 1 heterocycles. The van der Waals surface area contributed by atoms with Crippen molar-refractivity contribution in [2.75, 3.05) is 6.61 Å². The maximum atomic E-state index is 9.08. The first-order valence-electron chi connectivity index (χ1n) is 8.17. The van der Waals surface area contributed by atoms with Gasteiger partial charge < -0.3 is 15.2 Å². The van der Waals surface area contributed by atoms with Gasteiger partial charge in [-0.2, -0.15) is 5.26 Å². The standard InChI is InChI=1S/C18H26N2O2/c1-14(16(20)13-19)17(22-18-9-5-6-12-21-18)11-10-15-7-3-2-4-8-15/h2-4,7-8,14,16-18H,5-6,9-12,20H2,1H3. The van der Waals surface area contributed by atoms with Gasteiger partial charge in [-0.15, -0.1) is 0 Å². The highest BCUT2D eigenvalue weighted by Crippen LogP contribution is 2.23. The molecule has 1 fully saturated rings. The minimum absolute atomic E-state index is 0.0146. The molecule has 1 saturated heterocycles. The molecule has 0 saturated carbocycles. The molecule has 22 heavy (non-hydrogen) atoms. The first-order chi connectivity index (χ1) is 10.7. The van der Waals surface area contributed by atoms with Gasteiger partial charge in [0.2, 0.25) is 0 Å². The molecule has 0 bridgehead atoms. The molecule has 4 nitrogen and oxygen atoms in total. The van der Waals surface area contributed by atoms with Crippen LogP contribution in [0.1, 0.15) is 38.2 Å². The summed E-state index contributed by atoms with van der Waals surface area (Å²) in [6.45, 7) is 2.75. The van der Waals surface area contributed by atoms with Crippen LogP contribution in [0.5, 0.6) is 0 Å². The lowest BCUT2D eigenvalue weighted by Gasteiger charge is -2.32. The van der Waals surface area contributed by atoms with E-state index in [9.17, 15) is 0 Å². The Morgan fingerprint density at radius 1 is 1.36 bits per heavy atom. The lowest BCUT2D eigenvalue weighted by Crippen LogP contribution is -2.40. The molecule has 1 aromatic rings. The molecule has 1 aromatic carbocycles. The molecule has 2 rings (SSSR count). The van der Waals surface area contributed by atoms with Crippen molar-refractivity contribution >= 4 is 0 Å². The fraction of sp³-hybridized carbons (Fsp3) is 0.611. The van der Waals surface area contributed by atoms with Gasteiger partial charge in [-0.25, -0.2) is 0 Å². The summed E-state index contributed by atoms with van der Waals surface area (Å²) < 4.78 is 11.8. The molecule has 0 aliphatic carbocycles. The monoisotopic (exact) mass is 302 g/mol. The summed E-state index contributed by atoms with van der Waals surface area (Å²) in [5.74, 6) is -0.0146. The molecule has 0 aromatic heterocycles. The normalized spacial score (nSPS) is 22.5. The molecule has 0 amide bonds. The predicted octanol–water partition coefficient (Wildman–Crippen LogP) is 3.02. The smallest absolute Gasteiger partial charge is 0.157 e. The number of ether oxygens (including phenoxy) is 2. The maximum absolute atomic E-state index is 9.08. The second-order valence-electron chi connectivity index (χ2n) is 6.01. The van der Waals surface area contributed by atoms with Gasteiger partial charge in [0.1, 0.15) is 0 Å². The summed E-state index contributed by atoms with van der Waals surface area (Å²) >= 11 is 0. The van der Waals surface area contributed by atoms with E-state index < -0.39 is 6.04 Å². The van der Waals surface area contributed by atoms with Crippen molar-refractivity contribution in [2.45, 2.75) is 57.5 Å². The van der Waals surface area contributed by atoms with E-state index in [4.69, 9.17) is 20.5 Å². The molecule has 1 aliphatic rings. The third kappa shape index (κ3) is 5.10. The zero-order chi connectivity index (χ0) is 15.8. The van der Waals surface area contributed by atoms with Crippen LogP contribution < -0.4 is 5.73 Å². The summed E-state index contributed by atoms with van der Waals surface area (Å²) in [6, 6.07) is 12.0. The quantitative estimate of drug-likeness (QED) is 0.840. The third-order valence-electron chi connectivity index (χ3n) is 4.33. The Morgan fingerprint density at radius 3 is 2.77 bits per heavy atom. The van der Waals surface area contributed by atoms with Crippen LogP contribution in [-0.2, 0) is 15.9 Å². The largest absolute Gasteiger partial charge is 0.353 e. The van der Waals surface area contributed by atoms with Gasteiger partial charge in [0.15, 0.2) is 6.29 Å². The number of hydrogen-bond acceptors (Lipinski definition) is 4. The Balaban J connectivity index is 1.95. The topological polar surface area (TPSA) is 68.3 Å². The Hall–Kier alpha value is -1.41. The highest BCUT2D eigenvalue weighted by molar-refractivity contribution is 5.14. The summed E-state index contributed by atoms with van der Waals surface area (Å²) in [5.41, 5.74) is 7.19. The average Bonchev–Trinajstić information content (AvgIpc) is 2.59. The van der Waals surface area contributed by atoms with E-state index in [-0.39, 0.29) is 18.3 Å². The van der Waals surface area contributed by atoms with E-state index >= 15 is 0 Å². The predicted molar refractivity (Wildman–Crippen MR) is 86.0 cm³/mol. The zero-order valence-corrected chi connectivity index (χ0v) is 13.3. The molecule has 1 aliphatic heterocycles. The molecule has 4 atom stereocenters. The van der Waals surface area contributed by atoms with Crippen LogP contribution in [0.2, 0.25) is 0 Å². The van der Waals surface area contributed by atoms with Crippen LogP contribution in [0, 0.1) is 17.2 Å². The van der Waals surface area contributed by atoms with E-state index in [0.717, 1.165) is 38.7 Å². The number of benzene rings is 1. The zero-order valence-electron chi connectivity index (χ0n) is 13.3. The first kappa shape index (κ1) is 17.0. The minimum Gasteiger partial charge on any atom is -0.353 e. The van der Waals surface area contributed by atoms with Gasteiger partial charge in [-0.05, 0) is 37.7 Å². The van der Waals surface area contributed by atoms with Crippen molar-refractivity contribution in [1.29, 1.82) is 5.26 Å². The highest BCUT2D eigenvalue weighted by atomic mass is 16.7. The van der Waals surface area contributed by atoms with E-state index in [1.165, 1.54) is 5.56 Å². The van der Waals surface area contributed by atoms with E-state index in [2.05, 4.69) is 18.2 Å². The Morgan fingerprint density at radius 2 is 2.14 bits per heavy atom. The van der Waals surface area contributed by atoms with Crippen molar-refractivity contribution in [1.82, 2.24) is 0 Å². The Labute approximate surface area is 133 Å². The van der Waals surface area contributed by atoms with Crippen molar-refractivity contribution in [2.24, 2.45) is 11.7 Å². The fourth-order valence-corrected chi connectivity index (χ4v) is 2.77. The number of nitriles is 1. The molecule has 4 heteroatoms. The minimum atomic E-state index is -0.510. The van der Waals surface area contributed by atoms with Crippen molar-refractivity contribution in [3.05, 3.63) is 35.9 Å². The van der Waals surface area contributed by atoms with Gasteiger partial charge in [-0.3, -0.25) is 0 Å².